The van der Waals surface area contributed by atoms with Crippen LogP contribution in [0.4, 0.5) is 0 Å². The first kappa shape index (κ1) is 14.3. The van der Waals surface area contributed by atoms with Crippen molar-refractivity contribution >= 4 is 0 Å². The van der Waals surface area contributed by atoms with Gasteiger partial charge in [0.25, 0.3) is 5.89 Å². The Bertz CT molecular complexity index is 562. The Morgan fingerprint density at radius 1 is 1.30 bits per heavy atom. The normalized spacial score (nSPS) is 12.5. The minimum absolute atomic E-state index is 0.161. The fraction of sp³-hybridized carbons (Fsp3) is 0.429. The van der Waals surface area contributed by atoms with Gasteiger partial charge in [0, 0.05) is 6.61 Å². The molecular formula is C14H18N2O4. The van der Waals surface area contributed by atoms with Crippen molar-refractivity contribution in [3.05, 3.63) is 24.0 Å². The quantitative estimate of drug-likeness (QED) is 0.789. The molecule has 6 heteroatoms. The van der Waals surface area contributed by atoms with E-state index in [1.54, 1.807) is 12.1 Å². The van der Waals surface area contributed by atoms with Crippen molar-refractivity contribution < 1.29 is 19.5 Å². The van der Waals surface area contributed by atoms with E-state index in [-0.39, 0.29) is 23.5 Å². The van der Waals surface area contributed by atoms with Crippen LogP contribution in [0.1, 0.15) is 38.6 Å². The zero-order valence-corrected chi connectivity index (χ0v) is 11.5. The van der Waals surface area contributed by atoms with Gasteiger partial charge in [-0.15, -0.1) is 0 Å². The molecule has 0 saturated carbocycles. The second-order valence-electron chi connectivity index (χ2n) is 4.36. The molecule has 1 aromatic heterocycles. The fourth-order valence-corrected chi connectivity index (χ4v) is 1.93. The van der Waals surface area contributed by atoms with E-state index >= 15 is 0 Å². The van der Waals surface area contributed by atoms with Crippen LogP contribution in [0.15, 0.2) is 22.7 Å². The van der Waals surface area contributed by atoms with Gasteiger partial charge in [-0.3, -0.25) is 0 Å². The monoisotopic (exact) mass is 278 g/mol. The van der Waals surface area contributed by atoms with Crippen LogP contribution in [0.25, 0.3) is 11.5 Å². The smallest absolute Gasteiger partial charge is 0.261 e. The maximum absolute atomic E-state index is 9.80. The molecule has 20 heavy (non-hydrogen) atoms. The van der Waals surface area contributed by atoms with Crippen molar-refractivity contribution in [2.24, 2.45) is 0 Å². The van der Waals surface area contributed by atoms with Crippen molar-refractivity contribution in [2.75, 3.05) is 6.61 Å². The van der Waals surface area contributed by atoms with Gasteiger partial charge in [-0.05, 0) is 25.5 Å². The van der Waals surface area contributed by atoms with E-state index in [0.717, 1.165) is 12.8 Å². The molecule has 0 aliphatic carbocycles. The summed E-state index contributed by atoms with van der Waals surface area (Å²) >= 11 is 0. The van der Waals surface area contributed by atoms with Crippen molar-refractivity contribution in [3.63, 3.8) is 0 Å². The summed E-state index contributed by atoms with van der Waals surface area (Å²) in [6.45, 7) is 4.52. The number of benzene rings is 1. The number of rotatable bonds is 6. The van der Waals surface area contributed by atoms with Gasteiger partial charge < -0.3 is 19.5 Å². The number of phenolic OH excluding ortho intramolecular Hbond substituents is 2. The zero-order chi connectivity index (χ0) is 14.5. The van der Waals surface area contributed by atoms with E-state index < -0.39 is 0 Å². The molecule has 1 aromatic carbocycles. The van der Waals surface area contributed by atoms with Crippen LogP contribution in [0.5, 0.6) is 11.5 Å². The molecule has 0 aliphatic rings. The number of aromatic hydroxyl groups is 2. The van der Waals surface area contributed by atoms with E-state index in [1.807, 2.05) is 13.8 Å². The second-order valence-corrected chi connectivity index (χ2v) is 4.36. The lowest BCUT2D eigenvalue weighted by molar-refractivity contribution is 0.0478. The number of phenols is 2. The average Bonchev–Trinajstić information content (AvgIpc) is 2.91. The van der Waals surface area contributed by atoms with Gasteiger partial charge in [0.2, 0.25) is 5.82 Å². The van der Waals surface area contributed by atoms with Crippen LogP contribution in [0.3, 0.4) is 0 Å². The summed E-state index contributed by atoms with van der Waals surface area (Å²) in [7, 11) is 0. The first-order valence-corrected chi connectivity index (χ1v) is 6.63. The Morgan fingerprint density at radius 2 is 2.10 bits per heavy atom. The van der Waals surface area contributed by atoms with Gasteiger partial charge in [-0.25, -0.2) is 0 Å². The largest absolute Gasteiger partial charge is 0.504 e. The van der Waals surface area contributed by atoms with E-state index in [1.165, 1.54) is 6.07 Å². The number of hydrogen-bond acceptors (Lipinski definition) is 6. The molecule has 2 rings (SSSR count). The second kappa shape index (κ2) is 6.38. The molecule has 0 saturated heterocycles. The Morgan fingerprint density at radius 3 is 2.80 bits per heavy atom. The molecule has 0 amide bonds. The summed E-state index contributed by atoms with van der Waals surface area (Å²) in [5.41, 5.74) is 0.301. The Labute approximate surface area is 117 Å². The molecule has 1 atom stereocenters. The molecule has 2 N–H and O–H groups in total. The molecule has 0 radical (unpaired) electrons. The Hall–Kier alpha value is -2.08. The molecule has 2 aromatic rings. The van der Waals surface area contributed by atoms with Crippen LogP contribution < -0.4 is 0 Å². The minimum Gasteiger partial charge on any atom is -0.504 e. The third kappa shape index (κ3) is 2.91. The molecule has 1 unspecified atom stereocenters. The standard InChI is InChI=1S/C14H18N2O4/c1-3-6-11(19-4-2)13-15-14(20-16-13)9-7-5-8-10(17)12(9)18/h5,7-8,11,17-18H,3-4,6H2,1-2H3. The number of para-hydroxylation sites is 1. The van der Waals surface area contributed by atoms with Gasteiger partial charge in [-0.2, -0.15) is 4.98 Å². The van der Waals surface area contributed by atoms with E-state index in [2.05, 4.69) is 10.1 Å². The lowest BCUT2D eigenvalue weighted by Gasteiger charge is -2.11. The molecule has 1 heterocycles. The summed E-state index contributed by atoms with van der Waals surface area (Å²) in [6.07, 6.45) is 1.51. The molecule has 0 spiro atoms. The third-order valence-corrected chi connectivity index (χ3v) is 2.89. The SMILES string of the molecule is CCCC(OCC)c1noc(-c2cccc(O)c2O)n1. The maximum Gasteiger partial charge on any atom is 0.261 e. The maximum atomic E-state index is 9.80. The van der Waals surface area contributed by atoms with Crippen LogP contribution in [-0.2, 0) is 4.74 Å². The highest BCUT2D eigenvalue weighted by Crippen LogP contribution is 2.35. The molecular weight excluding hydrogens is 260 g/mol. The summed E-state index contributed by atoms with van der Waals surface area (Å²) in [6, 6.07) is 4.58. The highest BCUT2D eigenvalue weighted by atomic mass is 16.5. The Balaban J connectivity index is 2.30. The van der Waals surface area contributed by atoms with Crippen molar-refractivity contribution in [2.45, 2.75) is 32.8 Å². The lowest BCUT2D eigenvalue weighted by atomic mass is 10.2. The highest BCUT2D eigenvalue weighted by molar-refractivity contribution is 5.66. The predicted molar refractivity (Wildman–Crippen MR) is 72.3 cm³/mol. The van der Waals surface area contributed by atoms with Gasteiger partial charge in [0.15, 0.2) is 11.5 Å². The molecule has 0 fully saturated rings. The van der Waals surface area contributed by atoms with Crippen molar-refractivity contribution in [1.82, 2.24) is 10.1 Å². The van der Waals surface area contributed by atoms with Gasteiger partial charge >= 0.3 is 0 Å². The Kier molecular flexibility index (Phi) is 4.57. The first-order chi connectivity index (χ1) is 9.67. The zero-order valence-electron chi connectivity index (χ0n) is 11.5. The van der Waals surface area contributed by atoms with Crippen molar-refractivity contribution in [1.29, 1.82) is 0 Å². The van der Waals surface area contributed by atoms with E-state index in [9.17, 15) is 10.2 Å². The first-order valence-electron chi connectivity index (χ1n) is 6.63. The predicted octanol–water partition coefficient (Wildman–Crippen LogP) is 3.03. The van der Waals surface area contributed by atoms with E-state index in [0.29, 0.717) is 18.0 Å². The highest BCUT2D eigenvalue weighted by Gasteiger charge is 2.20. The van der Waals surface area contributed by atoms with Crippen LogP contribution in [-0.4, -0.2) is 27.0 Å². The van der Waals surface area contributed by atoms with E-state index in [4.69, 9.17) is 9.26 Å². The van der Waals surface area contributed by atoms with Gasteiger partial charge in [0.05, 0.1) is 5.56 Å². The van der Waals surface area contributed by atoms with Crippen LogP contribution >= 0.6 is 0 Å². The summed E-state index contributed by atoms with van der Waals surface area (Å²) in [5, 5.41) is 23.2. The number of hydrogen-bond donors (Lipinski definition) is 2. The van der Waals surface area contributed by atoms with Crippen LogP contribution in [0, 0.1) is 0 Å². The van der Waals surface area contributed by atoms with Crippen molar-refractivity contribution in [3.8, 4) is 23.0 Å². The minimum atomic E-state index is -0.272. The summed E-state index contributed by atoms with van der Waals surface area (Å²) in [4.78, 5) is 4.25. The third-order valence-electron chi connectivity index (χ3n) is 2.89. The number of nitrogens with zero attached hydrogens (tertiary/aromatic N) is 2. The number of ether oxygens (including phenoxy) is 1. The fourth-order valence-electron chi connectivity index (χ4n) is 1.93. The topological polar surface area (TPSA) is 88.6 Å². The molecule has 0 aliphatic heterocycles. The lowest BCUT2D eigenvalue weighted by Crippen LogP contribution is -2.05. The molecule has 6 nitrogen and oxygen atoms in total. The summed E-state index contributed by atoms with van der Waals surface area (Å²) < 4.78 is 10.7. The summed E-state index contributed by atoms with van der Waals surface area (Å²) in [5.74, 6) is 0.115. The van der Waals surface area contributed by atoms with Gasteiger partial charge in [-0.1, -0.05) is 24.6 Å². The van der Waals surface area contributed by atoms with Crippen LogP contribution in [0.2, 0.25) is 0 Å². The molecule has 0 bridgehead atoms. The van der Waals surface area contributed by atoms with Gasteiger partial charge in [0.1, 0.15) is 6.10 Å². The average molecular weight is 278 g/mol. The number of aromatic nitrogens is 2. The molecule has 108 valence electrons.